The van der Waals surface area contributed by atoms with Crippen molar-refractivity contribution in [3.8, 4) is 45.7 Å². The Hall–Kier alpha value is -6.33. The molecule has 0 unspecified atom stereocenters. The molecule has 0 aliphatic heterocycles. The van der Waals surface area contributed by atoms with Gasteiger partial charge in [0, 0.05) is 33.0 Å². The molecule has 0 radical (unpaired) electrons. The van der Waals surface area contributed by atoms with Gasteiger partial charge in [-0.1, -0.05) is 127 Å². The van der Waals surface area contributed by atoms with Crippen LogP contribution in [0, 0.1) is 0 Å². The number of rotatable bonds is 5. The standard InChI is InChI=1S/C41H27N5/c1-3-13-29(14-4-1)39-42-40(30-15-5-2-6-16-30)44-41(43-39)46-35-20-10-7-17-31(35)27-38(46)28-23-25-32(26-24-28)45-36-21-11-8-18-33(36)34-19-9-12-22-37(34)45/h1-27H. The van der Waals surface area contributed by atoms with Gasteiger partial charge in [-0.15, -0.1) is 0 Å². The van der Waals surface area contributed by atoms with Gasteiger partial charge in [-0.2, -0.15) is 9.97 Å². The maximum absolute atomic E-state index is 5.07. The average molecular weight is 590 g/mol. The molecule has 0 aliphatic rings. The van der Waals surface area contributed by atoms with Gasteiger partial charge in [0.25, 0.3) is 0 Å². The lowest BCUT2D eigenvalue weighted by molar-refractivity contribution is 0.938. The van der Waals surface area contributed by atoms with E-state index in [1.165, 1.54) is 21.8 Å². The van der Waals surface area contributed by atoms with Crippen LogP contribution < -0.4 is 0 Å². The van der Waals surface area contributed by atoms with Crippen LogP contribution in [0.1, 0.15) is 0 Å². The second-order valence-corrected chi connectivity index (χ2v) is 11.4. The maximum atomic E-state index is 5.07. The minimum absolute atomic E-state index is 0.579. The first-order valence-corrected chi connectivity index (χ1v) is 15.4. The second kappa shape index (κ2) is 10.7. The van der Waals surface area contributed by atoms with E-state index in [0.29, 0.717) is 17.6 Å². The van der Waals surface area contributed by atoms with Crippen molar-refractivity contribution in [2.45, 2.75) is 0 Å². The molecule has 3 heterocycles. The fraction of sp³-hybridized carbons (Fsp3) is 0. The van der Waals surface area contributed by atoms with Crippen LogP contribution in [0.25, 0.3) is 78.4 Å². The summed E-state index contributed by atoms with van der Waals surface area (Å²) in [6, 6.07) is 56.8. The van der Waals surface area contributed by atoms with Gasteiger partial charge in [0.05, 0.1) is 22.2 Å². The van der Waals surface area contributed by atoms with Crippen LogP contribution in [0.2, 0.25) is 0 Å². The summed E-state index contributed by atoms with van der Waals surface area (Å²) >= 11 is 0. The molecule has 46 heavy (non-hydrogen) atoms. The Morgan fingerprint density at radius 2 is 0.870 bits per heavy atom. The Balaban J connectivity index is 1.24. The lowest BCUT2D eigenvalue weighted by Crippen LogP contribution is -2.07. The van der Waals surface area contributed by atoms with E-state index in [1.54, 1.807) is 0 Å². The summed E-state index contributed by atoms with van der Waals surface area (Å²) in [7, 11) is 0. The Labute approximate surface area is 265 Å². The first-order chi connectivity index (χ1) is 22.8. The lowest BCUT2D eigenvalue weighted by atomic mass is 10.1. The molecule has 0 fully saturated rings. The van der Waals surface area contributed by atoms with Gasteiger partial charge in [-0.05, 0) is 42.0 Å². The monoisotopic (exact) mass is 589 g/mol. The molecule has 5 heteroatoms. The van der Waals surface area contributed by atoms with E-state index in [4.69, 9.17) is 15.0 Å². The fourth-order valence-electron chi connectivity index (χ4n) is 6.46. The summed E-state index contributed by atoms with van der Waals surface area (Å²) in [4.78, 5) is 15.1. The van der Waals surface area contributed by atoms with Gasteiger partial charge in [0.2, 0.25) is 5.95 Å². The molecule has 216 valence electrons. The van der Waals surface area contributed by atoms with Gasteiger partial charge < -0.3 is 4.57 Å². The van der Waals surface area contributed by atoms with Crippen LogP contribution >= 0.6 is 0 Å². The molecule has 3 aromatic heterocycles. The molecule has 0 aliphatic carbocycles. The second-order valence-electron chi connectivity index (χ2n) is 11.4. The summed E-state index contributed by atoms with van der Waals surface area (Å²) in [6.07, 6.45) is 0. The first kappa shape index (κ1) is 26.1. The normalized spacial score (nSPS) is 11.5. The van der Waals surface area contributed by atoms with Gasteiger partial charge in [-0.25, -0.2) is 4.98 Å². The molecule has 0 N–H and O–H groups in total. The highest BCUT2D eigenvalue weighted by Crippen LogP contribution is 2.35. The van der Waals surface area contributed by atoms with Crippen molar-refractivity contribution in [1.82, 2.24) is 24.1 Å². The Morgan fingerprint density at radius 3 is 1.46 bits per heavy atom. The summed E-state index contributed by atoms with van der Waals surface area (Å²) in [5.74, 6) is 1.85. The zero-order valence-electron chi connectivity index (χ0n) is 24.8. The van der Waals surface area contributed by atoms with E-state index in [0.717, 1.165) is 39.0 Å². The van der Waals surface area contributed by atoms with E-state index >= 15 is 0 Å². The Kier molecular flexibility index (Phi) is 6.06. The van der Waals surface area contributed by atoms with Crippen molar-refractivity contribution in [2.24, 2.45) is 0 Å². The summed E-state index contributed by atoms with van der Waals surface area (Å²) in [6.45, 7) is 0. The molecule has 0 atom stereocenters. The van der Waals surface area contributed by atoms with E-state index in [9.17, 15) is 0 Å². The highest BCUT2D eigenvalue weighted by Gasteiger charge is 2.19. The zero-order valence-corrected chi connectivity index (χ0v) is 24.8. The molecule has 5 nitrogen and oxygen atoms in total. The third-order valence-corrected chi connectivity index (χ3v) is 8.60. The number of nitrogens with zero attached hydrogens (tertiary/aromatic N) is 5. The third kappa shape index (κ3) is 4.29. The van der Waals surface area contributed by atoms with Gasteiger partial charge >= 0.3 is 0 Å². The van der Waals surface area contributed by atoms with Crippen LogP contribution in [-0.4, -0.2) is 24.1 Å². The molecule has 0 spiro atoms. The largest absolute Gasteiger partial charge is 0.309 e. The Morgan fingerprint density at radius 1 is 0.370 bits per heavy atom. The smallest absolute Gasteiger partial charge is 0.238 e. The molecule has 9 rings (SSSR count). The predicted octanol–water partition coefficient (Wildman–Crippen LogP) is 9.91. The average Bonchev–Trinajstić information content (AvgIpc) is 3.69. The van der Waals surface area contributed by atoms with Crippen molar-refractivity contribution in [3.05, 3.63) is 164 Å². The number of hydrogen-bond donors (Lipinski definition) is 0. The first-order valence-electron chi connectivity index (χ1n) is 15.4. The highest BCUT2D eigenvalue weighted by atomic mass is 15.2. The molecule has 0 saturated carbocycles. The van der Waals surface area contributed by atoms with Crippen molar-refractivity contribution in [3.63, 3.8) is 0 Å². The number of aromatic nitrogens is 5. The van der Waals surface area contributed by atoms with Gasteiger partial charge in [-0.3, -0.25) is 4.57 Å². The van der Waals surface area contributed by atoms with Crippen molar-refractivity contribution in [1.29, 1.82) is 0 Å². The fourth-order valence-corrected chi connectivity index (χ4v) is 6.46. The Bertz CT molecular complexity index is 2400. The molecular formula is C41H27N5. The van der Waals surface area contributed by atoms with E-state index in [1.807, 2.05) is 60.7 Å². The topological polar surface area (TPSA) is 48.5 Å². The van der Waals surface area contributed by atoms with Crippen molar-refractivity contribution in [2.75, 3.05) is 0 Å². The van der Waals surface area contributed by atoms with Crippen LogP contribution in [0.3, 0.4) is 0 Å². The van der Waals surface area contributed by atoms with Crippen molar-refractivity contribution >= 4 is 32.7 Å². The molecule has 6 aromatic carbocycles. The van der Waals surface area contributed by atoms with Crippen molar-refractivity contribution < 1.29 is 0 Å². The quantitative estimate of drug-likeness (QED) is 0.201. The summed E-state index contributed by atoms with van der Waals surface area (Å²) in [5.41, 5.74) is 8.50. The lowest BCUT2D eigenvalue weighted by Gasteiger charge is -2.13. The van der Waals surface area contributed by atoms with E-state index in [-0.39, 0.29) is 0 Å². The molecule has 9 aromatic rings. The van der Waals surface area contributed by atoms with Crippen LogP contribution in [0.15, 0.2) is 164 Å². The minimum Gasteiger partial charge on any atom is -0.309 e. The van der Waals surface area contributed by atoms with Gasteiger partial charge in [0.1, 0.15) is 0 Å². The number of benzene rings is 6. The maximum Gasteiger partial charge on any atom is 0.238 e. The van der Waals surface area contributed by atoms with Gasteiger partial charge in [0.15, 0.2) is 11.6 Å². The van der Waals surface area contributed by atoms with Crippen LogP contribution in [-0.2, 0) is 0 Å². The minimum atomic E-state index is 0.579. The van der Waals surface area contributed by atoms with E-state index < -0.39 is 0 Å². The number of para-hydroxylation sites is 3. The molecule has 0 amide bonds. The molecule has 0 bridgehead atoms. The predicted molar refractivity (Wildman–Crippen MR) is 187 cm³/mol. The summed E-state index contributed by atoms with van der Waals surface area (Å²) < 4.78 is 4.50. The SMILES string of the molecule is c1ccc(-c2nc(-c3ccccc3)nc(-n3c(-c4ccc(-n5c6ccccc6c6ccccc65)cc4)cc4ccccc43)n2)cc1. The third-order valence-electron chi connectivity index (χ3n) is 8.60. The number of hydrogen-bond acceptors (Lipinski definition) is 3. The van der Waals surface area contributed by atoms with E-state index in [2.05, 4.69) is 112 Å². The molecular weight excluding hydrogens is 562 g/mol. The summed E-state index contributed by atoms with van der Waals surface area (Å²) in [5, 5.41) is 3.62. The van der Waals surface area contributed by atoms with Crippen LogP contribution in [0.5, 0.6) is 0 Å². The highest BCUT2D eigenvalue weighted by molar-refractivity contribution is 6.09. The van der Waals surface area contributed by atoms with Crippen LogP contribution in [0.4, 0.5) is 0 Å². The molecule has 0 saturated heterocycles. The zero-order chi connectivity index (χ0) is 30.5. The number of fused-ring (bicyclic) bond motifs is 4.